The lowest BCUT2D eigenvalue weighted by Crippen LogP contribution is -2.25. The average Bonchev–Trinajstić information content (AvgIpc) is 3.14. The number of aliphatic carboxylic acids is 2. The zero-order valence-corrected chi connectivity index (χ0v) is 23.0. The van der Waals surface area contributed by atoms with E-state index in [9.17, 15) is 18.0 Å². The van der Waals surface area contributed by atoms with E-state index in [0.717, 1.165) is 74.3 Å². The van der Waals surface area contributed by atoms with Crippen LogP contribution >= 0.6 is 11.6 Å². The molecule has 11 heteroatoms. The van der Waals surface area contributed by atoms with E-state index in [1.54, 1.807) is 6.20 Å². The van der Waals surface area contributed by atoms with Crippen LogP contribution in [0.4, 0.5) is 5.69 Å². The number of benzene rings is 1. The van der Waals surface area contributed by atoms with Crippen LogP contribution in [0.5, 0.6) is 0 Å². The van der Waals surface area contributed by atoms with Crippen molar-refractivity contribution in [2.45, 2.75) is 75.3 Å². The Balaban J connectivity index is 0.000000436. The third kappa shape index (κ3) is 9.25. The Bertz CT molecular complexity index is 1180. The molecular weight excluding hydrogens is 530 g/mol. The quantitative estimate of drug-likeness (QED) is 0.351. The molecule has 2 aliphatic rings. The van der Waals surface area contributed by atoms with Crippen molar-refractivity contribution in [2.24, 2.45) is 0 Å². The number of aromatic nitrogens is 1. The molecule has 1 aromatic heterocycles. The molecule has 1 fully saturated rings. The summed E-state index contributed by atoms with van der Waals surface area (Å²) in [5.41, 5.74) is 5.27. The molecule has 1 saturated carbocycles. The second-order valence-electron chi connectivity index (χ2n) is 9.68. The van der Waals surface area contributed by atoms with Gasteiger partial charge in [0.1, 0.15) is 0 Å². The maximum atomic E-state index is 12.7. The van der Waals surface area contributed by atoms with Gasteiger partial charge in [0.2, 0.25) is 0 Å². The highest BCUT2D eigenvalue weighted by molar-refractivity contribution is 7.91. The van der Waals surface area contributed by atoms with Crippen molar-refractivity contribution >= 4 is 39.1 Å². The maximum absolute atomic E-state index is 12.7. The van der Waals surface area contributed by atoms with E-state index in [2.05, 4.69) is 21.7 Å². The molecule has 38 heavy (non-hydrogen) atoms. The molecule has 0 amide bonds. The van der Waals surface area contributed by atoms with Crippen molar-refractivity contribution < 1.29 is 28.2 Å². The highest BCUT2D eigenvalue weighted by atomic mass is 35.5. The highest BCUT2D eigenvalue weighted by Crippen LogP contribution is 2.31. The minimum absolute atomic E-state index is 0.0381. The summed E-state index contributed by atoms with van der Waals surface area (Å²) in [7, 11) is -3.13. The second-order valence-corrected chi connectivity index (χ2v) is 12.4. The fourth-order valence-corrected chi connectivity index (χ4v) is 6.85. The van der Waals surface area contributed by atoms with E-state index in [-0.39, 0.29) is 23.8 Å². The van der Waals surface area contributed by atoms with Crippen molar-refractivity contribution in [3.05, 3.63) is 57.9 Å². The van der Waals surface area contributed by atoms with E-state index in [0.29, 0.717) is 12.2 Å². The van der Waals surface area contributed by atoms with Crippen molar-refractivity contribution in [2.75, 3.05) is 18.4 Å². The Kier molecular flexibility index (Phi) is 11.4. The number of halogens is 1. The molecule has 0 bridgehead atoms. The Morgan fingerprint density at radius 1 is 1.00 bits per heavy atom. The minimum Gasteiger partial charge on any atom is -0.481 e. The largest absolute Gasteiger partial charge is 0.481 e. The van der Waals surface area contributed by atoms with E-state index in [1.807, 2.05) is 18.2 Å². The van der Waals surface area contributed by atoms with Gasteiger partial charge in [-0.15, -0.1) is 0 Å². The molecule has 4 rings (SSSR count). The van der Waals surface area contributed by atoms with Gasteiger partial charge >= 0.3 is 11.9 Å². The first-order chi connectivity index (χ1) is 18.2. The standard InChI is InChI=1S/C23H30ClN3O2S.C4H6O4/c24-22-9-7-18-10-12-25-13-11-21(18)23(22)27-15-17-6-8-19(26-14-17)16-30(28,29)20-4-2-1-3-5-20;5-3(6)1-2-4(7)8/h6-9,14,20,25,27H,1-5,10-13,15-16H2;1-2H2,(H,5,6)(H,7,8). The molecule has 0 radical (unpaired) electrons. The van der Waals surface area contributed by atoms with Crippen molar-refractivity contribution in [3.8, 4) is 0 Å². The normalized spacial score (nSPS) is 15.9. The summed E-state index contributed by atoms with van der Waals surface area (Å²) in [6.07, 6.45) is 7.91. The van der Waals surface area contributed by atoms with Gasteiger partial charge in [0, 0.05) is 12.7 Å². The molecule has 1 aliphatic heterocycles. The summed E-state index contributed by atoms with van der Waals surface area (Å²) in [5.74, 6) is -2.11. The van der Waals surface area contributed by atoms with Crippen molar-refractivity contribution in [1.29, 1.82) is 0 Å². The summed E-state index contributed by atoms with van der Waals surface area (Å²) in [6, 6.07) is 7.89. The molecule has 0 atom stereocenters. The topological polar surface area (TPSA) is 146 Å². The highest BCUT2D eigenvalue weighted by Gasteiger charge is 2.27. The summed E-state index contributed by atoms with van der Waals surface area (Å²) >= 11 is 6.49. The molecule has 4 N–H and O–H groups in total. The Morgan fingerprint density at radius 3 is 2.32 bits per heavy atom. The second kappa shape index (κ2) is 14.5. The van der Waals surface area contributed by atoms with Gasteiger partial charge in [0.05, 0.1) is 40.2 Å². The zero-order chi connectivity index (χ0) is 27.5. The number of anilines is 1. The zero-order valence-electron chi connectivity index (χ0n) is 21.4. The number of nitrogens with one attached hydrogen (secondary N) is 2. The fraction of sp³-hybridized carbons (Fsp3) is 0.519. The molecular formula is C27H36ClN3O6S. The molecule has 2 heterocycles. The monoisotopic (exact) mass is 565 g/mol. The van der Waals surface area contributed by atoms with Crippen LogP contribution in [0.15, 0.2) is 30.5 Å². The lowest BCUT2D eigenvalue weighted by Gasteiger charge is -2.21. The molecule has 1 aliphatic carbocycles. The van der Waals surface area contributed by atoms with E-state index < -0.39 is 21.8 Å². The van der Waals surface area contributed by atoms with Gasteiger partial charge in [-0.25, -0.2) is 8.42 Å². The van der Waals surface area contributed by atoms with E-state index >= 15 is 0 Å². The average molecular weight is 566 g/mol. The number of carboxylic acids is 2. The Morgan fingerprint density at radius 2 is 1.68 bits per heavy atom. The smallest absolute Gasteiger partial charge is 0.303 e. The molecule has 9 nitrogen and oxygen atoms in total. The summed E-state index contributed by atoms with van der Waals surface area (Å²) in [6.45, 7) is 2.54. The third-order valence-electron chi connectivity index (χ3n) is 6.80. The van der Waals surface area contributed by atoms with E-state index in [1.165, 1.54) is 11.1 Å². The molecule has 2 aromatic rings. The third-order valence-corrected chi connectivity index (χ3v) is 9.30. The van der Waals surface area contributed by atoms with Crippen molar-refractivity contribution in [3.63, 3.8) is 0 Å². The van der Waals surface area contributed by atoms with Gasteiger partial charge in [0.15, 0.2) is 9.84 Å². The molecule has 0 spiro atoms. The van der Waals surface area contributed by atoms with Crippen LogP contribution in [0.3, 0.4) is 0 Å². The summed E-state index contributed by atoms with van der Waals surface area (Å²) < 4.78 is 25.4. The lowest BCUT2D eigenvalue weighted by molar-refractivity contribution is -0.143. The van der Waals surface area contributed by atoms with Gasteiger partial charge < -0.3 is 20.8 Å². The summed E-state index contributed by atoms with van der Waals surface area (Å²) in [5, 5.41) is 23.3. The molecule has 208 valence electrons. The summed E-state index contributed by atoms with van der Waals surface area (Å²) in [4.78, 5) is 23.7. The predicted octanol–water partition coefficient (Wildman–Crippen LogP) is 4.22. The number of carboxylic acid groups (broad SMARTS) is 2. The Labute approximate surface area is 228 Å². The number of fused-ring (bicyclic) bond motifs is 1. The number of rotatable bonds is 9. The first-order valence-electron chi connectivity index (χ1n) is 13.0. The van der Waals surface area contributed by atoms with Crippen LogP contribution in [-0.2, 0) is 44.6 Å². The SMILES string of the molecule is O=C(O)CCC(=O)O.O=S(=O)(Cc1ccc(CNc2c(Cl)ccc3c2CCNCC3)cn1)C1CCCCC1. The number of hydrogen-bond acceptors (Lipinski definition) is 7. The number of pyridine rings is 1. The molecule has 0 saturated heterocycles. The number of sulfone groups is 1. The predicted molar refractivity (Wildman–Crippen MR) is 147 cm³/mol. The van der Waals surface area contributed by atoms with Crippen LogP contribution in [0, 0.1) is 0 Å². The molecule has 1 aromatic carbocycles. The van der Waals surface area contributed by atoms with Gasteiger partial charge in [-0.3, -0.25) is 14.6 Å². The minimum atomic E-state index is -3.13. The van der Waals surface area contributed by atoms with Crippen LogP contribution in [0.25, 0.3) is 0 Å². The molecule has 0 unspecified atom stereocenters. The number of hydrogen-bond donors (Lipinski definition) is 4. The van der Waals surface area contributed by atoms with Crippen LogP contribution < -0.4 is 10.6 Å². The first kappa shape index (κ1) is 29.9. The fourth-order valence-electron chi connectivity index (χ4n) is 4.73. The Hall–Kier alpha value is -2.69. The van der Waals surface area contributed by atoms with Gasteiger partial charge in [-0.1, -0.05) is 43.0 Å². The van der Waals surface area contributed by atoms with Crippen molar-refractivity contribution in [1.82, 2.24) is 10.3 Å². The first-order valence-corrected chi connectivity index (χ1v) is 15.1. The van der Waals surface area contributed by atoms with Gasteiger partial charge in [-0.2, -0.15) is 0 Å². The van der Waals surface area contributed by atoms with Crippen LogP contribution in [0.1, 0.15) is 67.3 Å². The van der Waals surface area contributed by atoms with Gasteiger partial charge in [-0.05, 0) is 67.6 Å². The van der Waals surface area contributed by atoms with E-state index in [4.69, 9.17) is 21.8 Å². The maximum Gasteiger partial charge on any atom is 0.303 e. The van der Waals surface area contributed by atoms with Crippen LogP contribution in [0.2, 0.25) is 5.02 Å². The van der Waals surface area contributed by atoms with Gasteiger partial charge in [0.25, 0.3) is 0 Å². The van der Waals surface area contributed by atoms with Crippen LogP contribution in [-0.4, -0.2) is 53.9 Å². The number of nitrogens with zero attached hydrogens (tertiary/aromatic N) is 1. The lowest BCUT2D eigenvalue weighted by atomic mass is 10.0. The number of carbonyl (C=O) groups is 2.